The third kappa shape index (κ3) is 3.46. The summed E-state index contributed by atoms with van der Waals surface area (Å²) in [4.78, 5) is 33.2. The van der Waals surface area contributed by atoms with Gasteiger partial charge in [0, 0.05) is 42.5 Å². The fourth-order valence-electron chi connectivity index (χ4n) is 5.33. The van der Waals surface area contributed by atoms with Gasteiger partial charge in [-0.05, 0) is 50.1 Å². The van der Waals surface area contributed by atoms with Crippen LogP contribution in [0.5, 0.6) is 0 Å². The molecular weight excluding hydrogens is 442 g/mol. The molecule has 0 atom stereocenters. The number of anilines is 2. The second kappa shape index (κ2) is 8.26. The van der Waals surface area contributed by atoms with Crippen molar-refractivity contribution in [1.29, 1.82) is 0 Å². The minimum Gasteiger partial charge on any atom is -0.338 e. The number of H-pyrrole nitrogens is 1. The molecule has 2 aromatic heterocycles. The quantitative estimate of drug-likeness (QED) is 0.496. The summed E-state index contributed by atoms with van der Waals surface area (Å²) in [6.07, 6.45) is 6.54. The average molecular weight is 470 g/mol. The lowest BCUT2D eigenvalue weighted by Crippen LogP contribution is -2.57. The van der Waals surface area contributed by atoms with Gasteiger partial charge in [-0.25, -0.2) is 0 Å². The van der Waals surface area contributed by atoms with E-state index in [1.54, 1.807) is 12.4 Å². The lowest BCUT2D eigenvalue weighted by molar-refractivity contribution is -0.122. The van der Waals surface area contributed by atoms with Crippen molar-refractivity contribution in [2.75, 3.05) is 29.6 Å². The zero-order chi connectivity index (χ0) is 24.0. The molecule has 9 nitrogen and oxygen atoms in total. The van der Waals surface area contributed by atoms with E-state index in [9.17, 15) is 9.59 Å². The molecule has 2 saturated heterocycles. The highest BCUT2D eigenvalue weighted by Gasteiger charge is 2.54. The number of fused-ring (bicyclic) bond motifs is 1. The number of aromatic nitrogens is 4. The van der Waals surface area contributed by atoms with Crippen LogP contribution in [0.1, 0.15) is 30.1 Å². The molecule has 0 saturated carbocycles. The Morgan fingerprint density at radius 1 is 1.06 bits per heavy atom. The predicted molar refractivity (Wildman–Crippen MR) is 133 cm³/mol. The fraction of sp³-hybridized carbons (Fsp3) is 0.308. The summed E-state index contributed by atoms with van der Waals surface area (Å²) in [5.41, 5.74) is 2.67. The van der Waals surface area contributed by atoms with Crippen LogP contribution in [-0.4, -0.2) is 62.0 Å². The molecule has 6 rings (SSSR count). The highest BCUT2D eigenvalue weighted by molar-refractivity contribution is 6.06. The minimum atomic E-state index is -0.693. The van der Waals surface area contributed by atoms with Crippen LogP contribution in [0.3, 0.4) is 0 Å². The molecule has 0 aliphatic carbocycles. The zero-order valence-electron chi connectivity index (χ0n) is 19.6. The molecule has 178 valence electrons. The molecule has 0 unspecified atom stereocenters. The Balaban J connectivity index is 1.28. The number of amides is 2. The Hall–Kier alpha value is -4.14. The number of para-hydroxylation sites is 1. The Labute approximate surface area is 202 Å². The maximum absolute atomic E-state index is 14.0. The van der Waals surface area contributed by atoms with E-state index < -0.39 is 5.54 Å². The van der Waals surface area contributed by atoms with Crippen molar-refractivity contribution in [2.24, 2.45) is 0 Å². The third-order valence-electron chi connectivity index (χ3n) is 7.33. The summed E-state index contributed by atoms with van der Waals surface area (Å²) >= 11 is 0. The van der Waals surface area contributed by atoms with Crippen LogP contribution in [0, 0.1) is 0 Å². The number of aromatic amines is 1. The van der Waals surface area contributed by atoms with E-state index in [1.807, 2.05) is 76.1 Å². The SMILES string of the molecule is CCn1cc(N2CN(c3ccccc3)C3(CCN(C(=O)c4ccc5[nH]ncc5c4)CC3)C2=O)cn1. The van der Waals surface area contributed by atoms with E-state index in [1.165, 1.54) is 0 Å². The van der Waals surface area contributed by atoms with Crippen molar-refractivity contribution in [1.82, 2.24) is 24.9 Å². The van der Waals surface area contributed by atoms with Crippen molar-refractivity contribution in [3.05, 3.63) is 72.7 Å². The van der Waals surface area contributed by atoms with Crippen LogP contribution >= 0.6 is 0 Å². The normalized spacial score (nSPS) is 17.6. The van der Waals surface area contributed by atoms with E-state index in [0.29, 0.717) is 38.2 Å². The molecule has 1 N–H and O–H groups in total. The van der Waals surface area contributed by atoms with Gasteiger partial charge in [0.05, 0.1) is 30.3 Å². The standard InChI is InChI=1S/C26H27N7O2/c1-2-31-17-22(16-28-31)32-18-33(21-6-4-3-5-7-21)26(25(32)35)10-12-30(13-11-26)24(34)19-8-9-23-20(14-19)15-27-29-23/h3-9,14-17H,2,10-13,18H2,1H3,(H,27,29). The van der Waals surface area contributed by atoms with Crippen LogP contribution in [0.15, 0.2) is 67.1 Å². The van der Waals surface area contributed by atoms with E-state index in [4.69, 9.17) is 0 Å². The highest BCUT2D eigenvalue weighted by atomic mass is 16.2. The third-order valence-corrected chi connectivity index (χ3v) is 7.33. The van der Waals surface area contributed by atoms with Gasteiger partial charge in [0.1, 0.15) is 5.54 Å². The maximum atomic E-state index is 14.0. The summed E-state index contributed by atoms with van der Waals surface area (Å²) in [7, 11) is 0. The summed E-state index contributed by atoms with van der Waals surface area (Å²) < 4.78 is 1.83. The van der Waals surface area contributed by atoms with Gasteiger partial charge in [0.2, 0.25) is 0 Å². The number of carbonyl (C=O) groups excluding carboxylic acids is 2. The minimum absolute atomic E-state index is 0.0132. The first-order valence-corrected chi connectivity index (χ1v) is 12.0. The van der Waals surface area contributed by atoms with Crippen molar-refractivity contribution in [2.45, 2.75) is 31.8 Å². The molecular formula is C26H27N7O2. The number of nitrogens with zero attached hydrogens (tertiary/aromatic N) is 6. The molecule has 1 spiro atoms. The lowest BCUT2D eigenvalue weighted by Gasteiger charge is -2.43. The number of rotatable bonds is 4. The van der Waals surface area contributed by atoms with Gasteiger partial charge in [0.25, 0.3) is 11.8 Å². The van der Waals surface area contributed by atoms with Gasteiger partial charge in [0.15, 0.2) is 0 Å². The number of piperidine rings is 1. The Bertz CT molecular complexity index is 1380. The van der Waals surface area contributed by atoms with Crippen LogP contribution in [-0.2, 0) is 11.3 Å². The van der Waals surface area contributed by atoms with Gasteiger partial charge in [-0.2, -0.15) is 10.2 Å². The Morgan fingerprint density at radius 2 is 1.86 bits per heavy atom. The summed E-state index contributed by atoms with van der Waals surface area (Å²) in [6.45, 7) is 4.26. The molecule has 35 heavy (non-hydrogen) atoms. The van der Waals surface area contributed by atoms with Crippen molar-refractivity contribution in [3.8, 4) is 0 Å². The first-order valence-electron chi connectivity index (χ1n) is 12.0. The van der Waals surface area contributed by atoms with Crippen LogP contribution < -0.4 is 9.80 Å². The topological polar surface area (TPSA) is 90.4 Å². The monoisotopic (exact) mass is 469 g/mol. The van der Waals surface area contributed by atoms with Crippen molar-refractivity contribution >= 4 is 34.1 Å². The number of benzene rings is 2. The van der Waals surface area contributed by atoms with E-state index in [0.717, 1.165) is 28.8 Å². The molecule has 2 fully saturated rings. The fourth-order valence-corrected chi connectivity index (χ4v) is 5.33. The van der Waals surface area contributed by atoms with Gasteiger partial charge in [-0.15, -0.1) is 0 Å². The summed E-state index contributed by atoms with van der Waals surface area (Å²) in [5, 5.41) is 12.2. The van der Waals surface area contributed by atoms with E-state index in [-0.39, 0.29) is 11.8 Å². The lowest BCUT2D eigenvalue weighted by atomic mass is 9.85. The van der Waals surface area contributed by atoms with Crippen molar-refractivity contribution < 1.29 is 9.59 Å². The molecule has 2 aromatic carbocycles. The first-order chi connectivity index (χ1) is 17.1. The molecule has 0 radical (unpaired) electrons. The second-order valence-electron chi connectivity index (χ2n) is 9.19. The Morgan fingerprint density at radius 3 is 2.60 bits per heavy atom. The number of aryl methyl sites for hydroxylation is 1. The maximum Gasteiger partial charge on any atom is 0.254 e. The van der Waals surface area contributed by atoms with Crippen molar-refractivity contribution in [3.63, 3.8) is 0 Å². The van der Waals surface area contributed by atoms with E-state index >= 15 is 0 Å². The molecule has 2 amide bonds. The van der Waals surface area contributed by atoms with Gasteiger partial charge in [-0.3, -0.25) is 24.3 Å². The molecule has 2 aliphatic heterocycles. The van der Waals surface area contributed by atoms with E-state index in [2.05, 4.69) is 20.2 Å². The molecule has 9 heteroatoms. The molecule has 4 heterocycles. The highest BCUT2D eigenvalue weighted by Crippen LogP contribution is 2.41. The van der Waals surface area contributed by atoms with Crippen LogP contribution in [0.2, 0.25) is 0 Å². The largest absolute Gasteiger partial charge is 0.338 e. The predicted octanol–water partition coefficient (Wildman–Crippen LogP) is 3.27. The molecule has 0 bridgehead atoms. The number of carbonyl (C=O) groups is 2. The van der Waals surface area contributed by atoms with Gasteiger partial charge < -0.3 is 9.80 Å². The van der Waals surface area contributed by atoms with Gasteiger partial charge in [-0.1, -0.05) is 18.2 Å². The number of likely N-dealkylation sites (tertiary alicyclic amines) is 1. The summed E-state index contributed by atoms with van der Waals surface area (Å²) in [6, 6.07) is 15.7. The molecule has 2 aliphatic rings. The zero-order valence-corrected chi connectivity index (χ0v) is 19.6. The summed E-state index contributed by atoms with van der Waals surface area (Å²) in [5.74, 6) is 0.0599. The van der Waals surface area contributed by atoms with Crippen LogP contribution in [0.4, 0.5) is 11.4 Å². The van der Waals surface area contributed by atoms with Gasteiger partial charge >= 0.3 is 0 Å². The smallest absolute Gasteiger partial charge is 0.254 e. The number of hydrogen-bond acceptors (Lipinski definition) is 5. The molecule has 4 aromatic rings. The number of hydrogen-bond donors (Lipinski definition) is 1. The first kappa shape index (κ1) is 21.4. The number of nitrogens with one attached hydrogen (secondary N) is 1. The second-order valence-corrected chi connectivity index (χ2v) is 9.19. The average Bonchev–Trinajstić information content (AvgIpc) is 3.63. The Kier molecular flexibility index (Phi) is 5.05. The van der Waals surface area contributed by atoms with Crippen LogP contribution in [0.25, 0.3) is 10.9 Å².